The van der Waals surface area contributed by atoms with Crippen LogP contribution in [0.1, 0.15) is 23.4 Å². The first-order chi connectivity index (χ1) is 5.81. The topological polar surface area (TPSA) is 32.3 Å². The molecule has 2 atom stereocenters. The minimum atomic E-state index is 0.162. The Morgan fingerprint density at radius 1 is 1.75 bits per heavy atom. The summed E-state index contributed by atoms with van der Waals surface area (Å²) in [5, 5.41) is 14.6. The zero-order valence-corrected chi connectivity index (χ0v) is 7.90. The van der Waals surface area contributed by atoms with Gasteiger partial charge in [-0.2, -0.15) is 0 Å². The molecule has 2 N–H and O–H groups in total. The van der Waals surface area contributed by atoms with Crippen LogP contribution in [0.5, 0.6) is 0 Å². The number of thiophene rings is 1. The van der Waals surface area contributed by atoms with Crippen molar-refractivity contribution in [3.8, 4) is 0 Å². The smallest absolute Gasteiger partial charge is 0.0627 e. The van der Waals surface area contributed by atoms with E-state index in [9.17, 15) is 0 Å². The first-order valence-corrected chi connectivity index (χ1v) is 5.12. The van der Waals surface area contributed by atoms with Crippen LogP contribution in [0.15, 0.2) is 11.4 Å². The van der Waals surface area contributed by atoms with Crippen LogP contribution >= 0.6 is 11.3 Å². The van der Waals surface area contributed by atoms with E-state index >= 15 is 0 Å². The zero-order valence-electron chi connectivity index (χ0n) is 7.08. The molecule has 0 amide bonds. The van der Waals surface area contributed by atoms with Crippen molar-refractivity contribution in [3.05, 3.63) is 21.9 Å². The van der Waals surface area contributed by atoms with Gasteiger partial charge < -0.3 is 10.4 Å². The second-order valence-corrected chi connectivity index (χ2v) is 4.31. The van der Waals surface area contributed by atoms with Crippen molar-refractivity contribution in [3.63, 3.8) is 0 Å². The Balaban J connectivity index is 2.31. The second-order valence-electron chi connectivity index (χ2n) is 3.31. The lowest BCUT2D eigenvalue weighted by molar-refractivity contribution is 0.228. The Morgan fingerprint density at radius 3 is 3.33 bits per heavy atom. The van der Waals surface area contributed by atoms with Gasteiger partial charge in [0.05, 0.1) is 12.6 Å². The number of rotatable bonds is 1. The maximum Gasteiger partial charge on any atom is 0.0627 e. The number of fused-ring (bicyclic) bond motifs is 1. The van der Waals surface area contributed by atoms with Gasteiger partial charge in [-0.15, -0.1) is 11.3 Å². The van der Waals surface area contributed by atoms with Crippen LogP contribution < -0.4 is 5.32 Å². The molecule has 0 spiro atoms. The van der Waals surface area contributed by atoms with E-state index in [0.29, 0.717) is 6.04 Å². The molecule has 2 unspecified atom stereocenters. The van der Waals surface area contributed by atoms with Crippen LogP contribution in [-0.2, 0) is 6.42 Å². The first-order valence-electron chi connectivity index (χ1n) is 4.24. The fourth-order valence-corrected chi connectivity index (χ4v) is 2.82. The van der Waals surface area contributed by atoms with Gasteiger partial charge in [0.1, 0.15) is 0 Å². The van der Waals surface area contributed by atoms with E-state index in [1.165, 1.54) is 10.4 Å². The Hall–Kier alpha value is -0.380. The van der Waals surface area contributed by atoms with Gasteiger partial charge in [-0.1, -0.05) is 0 Å². The monoisotopic (exact) mass is 183 g/mol. The lowest BCUT2D eigenvalue weighted by atomic mass is 9.99. The molecule has 2 heterocycles. The van der Waals surface area contributed by atoms with Crippen molar-refractivity contribution >= 4 is 11.3 Å². The second kappa shape index (κ2) is 3.17. The molecule has 0 fully saturated rings. The zero-order chi connectivity index (χ0) is 8.55. The summed E-state index contributed by atoms with van der Waals surface area (Å²) in [6.07, 6.45) is 1.10. The average Bonchev–Trinajstić information content (AvgIpc) is 2.50. The molecule has 0 aromatic carbocycles. The summed E-state index contributed by atoms with van der Waals surface area (Å²) in [7, 11) is 0. The standard InChI is InChI=1S/C9H13NOS/c1-6-4-9-7(2-3-12-9)8(5-11)10-6/h2-3,6,8,10-11H,4-5H2,1H3. The van der Waals surface area contributed by atoms with Gasteiger partial charge in [0.2, 0.25) is 0 Å². The summed E-state index contributed by atoms with van der Waals surface area (Å²) in [4.78, 5) is 1.43. The maximum absolute atomic E-state index is 9.12. The van der Waals surface area contributed by atoms with Crippen molar-refractivity contribution in [2.75, 3.05) is 6.61 Å². The predicted octanol–water partition coefficient (Wildman–Crippen LogP) is 1.32. The third-order valence-corrected chi connectivity index (χ3v) is 3.27. The Labute approximate surface area is 76.2 Å². The van der Waals surface area contributed by atoms with Crippen LogP contribution in [-0.4, -0.2) is 17.8 Å². The van der Waals surface area contributed by atoms with Crippen LogP contribution in [0.4, 0.5) is 0 Å². The van der Waals surface area contributed by atoms with Crippen LogP contribution in [0.25, 0.3) is 0 Å². The average molecular weight is 183 g/mol. The van der Waals surface area contributed by atoms with Gasteiger partial charge in [0, 0.05) is 10.9 Å². The highest BCUT2D eigenvalue weighted by Crippen LogP contribution is 2.29. The molecular weight excluding hydrogens is 170 g/mol. The molecule has 3 heteroatoms. The highest BCUT2D eigenvalue weighted by molar-refractivity contribution is 7.10. The summed E-state index contributed by atoms with van der Waals surface area (Å²) in [6, 6.07) is 2.77. The first kappa shape index (κ1) is 8.23. The molecule has 1 aliphatic heterocycles. The lowest BCUT2D eigenvalue weighted by Crippen LogP contribution is -2.38. The van der Waals surface area contributed by atoms with Crippen molar-refractivity contribution in [1.82, 2.24) is 5.32 Å². The largest absolute Gasteiger partial charge is 0.394 e. The van der Waals surface area contributed by atoms with Crippen LogP contribution in [0.3, 0.4) is 0 Å². The van der Waals surface area contributed by atoms with E-state index in [0.717, 1.165) is 6.42 Å². The molecule has 0 saturated carbocycles. The van der Waals surface area contributed by atoms with Gasteiger partial charge in [-0.05, 0) is 30.4 Å². The Kier molecular flexibility index (Phi) is 2.17. The molecule has 1 aromatic heterocycles. The summed E-state index contributed by atoms with van der Waals surface area (Å²) >= 11 is 1.80. The van der Waals surface area contributed by atoms with Crippen LogP contribution in [0, 0.1) is 0 Å². The van der Waals surface area contributed by atoms with Gasteiger partial charge in [0.15, 0.2) is 0 Å². The maximum atomic E-state index is 9.12. The minimum Gasteiger partial charge on any atom is -0.394 e. The molecule has 66 valence electrons. The molecule has 12 heavy (non-hydrogen) atoms. The van der Waals surface area contributed by atoms with Crippen LogP contribution in [0.2, 0.25) is 0 Å². The van der Waals surface area contributed by atoms with E-state index < -0.39 is 0 Å². The fraction of sp³-hybridized carbons (Fsp3) is 0.556. The van der Waals surface area contributed by atoms with Crippen molar-refractivity contribution in [1.29, 1.82) is 0 Å². The number of hydrogen-bond donors (Lipinski definition) is 2. The predicted molar refractivity (Wildman–Crippen MR) is 50.4 cm³/mol. The van der Waals surface area contributed by atoms with Crippen molar-refractivity contribution in [2.24, 2.45) is 0 Å². The molecule has 2 nitrogen and oxygen atoms in total. The van der Waals surface area contributed by atoms with Gasteiger partial charge in [-0.25, -0.2) is 0 Å². The van der Waals surface area contributed by atoms with E-state index in [1.807, 2.05) is 0 Å². The Morgan fingerprint density at radius 2 is 2.58 bits per heavy atom. The SMILES string of the molecule is CC1Cc2sccc2C(CO)N1. The van der Waals surface area contributed by atoms with E-state index in [2.05, 4.69) is 23.7 Å². The number of aliphatic hydroxyl groups excluding tert-OH is 1. The Bertz CT molecular complexity index is 271. The van der Waals surface area contributed by atoms with Gasteiger partial charge in [-0.3, -0.25) is 0 Å². The summed E-state index contributed by atoms with van der Waals surface area (Å²) < 4.78 is 0. The number of aliphatic hydroxyl groups is 1. The summed E-state index contributed by atoms with van der Waals surface area (Å²) in [5.41, 5.74) is 1.29. The molecular formula is C9H13NOS. The molecule has 0 radical (unpaired) electrons. The summed E-state index contributed by atoms with van der Waals surface area (Å²) in [6.45, 7) is 2.36. The van der Waals surface area contributed by atoms with Gasteiger partial charge in [0.25, 0.3) is 0 Å². The summed E-state index contributed by atoms with van der Waals surface area (Å²) in [5.74, 6) is 0. The third-order valence-electron chi connectivity index (χ3n) is 2.32. The van der Waals surface area contributed by atoms with E-state index in [4.69, 9.17) is 5.11 Å². The molecule has 1 aliphatic rings. The highest BCUT2D eigenvalue weighted by Gasteiger charge is 2.23. The quantitative estimate of drug-likeness (QED) is 0.688. The lowest BCUT2D eigenvalue weighted by Gasteiger charge is -2.27. The van der Waals surface area contributed by atoms with Crippen molar-refractivity contribution < 1.29 is 5.11 Å². The van der Waals surface area contributed by atoms with Gasteiger partial charge >= 0.3 is 0 Å². The highest BCUT2D eigenvalue weighted by atomic mass is 32.1. The third kappa shape index (κ3) is 1.28. The minimum absolute atomic E-state index is 0.162. The van der Waals surface area contributed by atoms with Crippen molar-refractivity contribution in [2.45, 2.75) is 25.4 Å². The molecule has 0 aliphatic carbocycles. The fourth-order valence-electron chi connectivity index (χ4n) is 1.75. The molecule has 0 saturated heterocycles. The normalized spacial score (nSPS) is 28.5. The number of hydrogen-bond acceptors (Lipinski definition) is 3. The number of nitrogens with one attached hydrogen (secondary N) is 1. The van der Waals surface area contributed by atoms with E-state index in [-0.39, 0.29) is 12.6 Å². The molecule has 1 aromatic rings. The van der Waals surface area contributed by atoms with E-state index in [1.54, 1.807) is 11.3 Å². The molecule has 2 rings (SSSR count). The molecule has 0 bridgehead atoms.